The number of benzene rings is 1. The average Bonchev–Trinajstić information content (AvgIpc) is 2.91. The summed E-state index contributed by atoms with van der Waals surface area (Å²) in [4.78, 5) is 4.13. The van der Waals surface area contributed by atoms with Crippen molar-refractivity contribution in [1.82, 2.24) is 14.8 Å². The highest BCUT2D eigenvalue weighted by Gasteiger charge is 2.14. The standard InChI is InChI=1S/C19H21FN4/c1-12-5-6-13(2)19(9-12)24-15(4)18(11-22-24)23-14(3)17-8-7-16(20)10-21-17/h5-11,14,23H,1-4H3. The fourth-order valence-corrected chi connectivity index (χ4v) is 2.69. The highest BCUT2D eigenvalue weighted by molar-refractivity contribution is 5.52. The molecule has 2 aromatic heterocycles. The summed E-state index contributed by atoms with van der Waals surface area (Å²) < 4.78 is 14.9. The number of halogens is 1. The second-order valence-electron chi connectivity index (χ2n) is 6.11. The van der Waals surface area contributed by atoms with Crippen LogP contribution < -0.4 is 5.32 Å². The number of nitrogens with zero attached hydrogens (tertiary/aromatic N) is 3. The molecule has 0 spiro atoms. The molecule has 0 aliphatic rings. The molecule has 124 valence electrons. The largest absolute Gasteiger partial charge is 0.374 e. The van der Waals surface area contributed by atoms with E-state index in [9.17, 15) is 4.39 Å². The monoisotopic (exact) mass is 324 g/mol. The molecule has 2 heterocycles. The Morgan fingerprint density at radius 2 is 1.88 bits per heavy atom. The Morgan fingerprint density at radius 3 is 2.58 bits per heavy atom. The second-order valence-corrected chi connectivity index (χ2v) is 6.11. The van der Waals surface area contributed by atoms with Gasteiger partial charge in [0.05, 0.1) is 41.2 Å². The summed E-state index contributed by atoms with van der Waals surface area (Å²) in [6.07, 6.45) is 3.05. The first kappa shape index (κ1) is 16.2. The van der Waals surface area contributed by atoms with Gasteiger partial charge in [0.2, 0.25) is 0 Å². The molecule has 4 nitrogen and oxygen atoms in total. The van der Waals surface area contributed by atoms with E-state index in [2.05, 4.69) is 47.4 Å². The van der Waals surface area contributed by atoms with Crippen LogP contribution in [-0.4, -0.2) is 14.8 Å². The summed E-state index contributed by atoms with van der Waals surface area (Å²) in [7, 11) is 0. The molecule has 0 radical (unpaired) electrons. The molecule has 1 unspecified atom stereocenters. The maximum absolute atomic E-state index is 13.0. The average molecular weight is 324 g/mol. The maximum atomic E-state index is 13.0. The van der Waals surface area contributed by atoms with E-state index >= 15 is 0 Å². The van der Waals surface area contributed by atoms with E-state index in [1.165, 1.54) is 23.4 Å². The number of hydrogen-bond donors (Lipinski definition) is 1. The summed E-state index contributed by atoms with van der Waals surface area (Å²) in [6.45, 7) is 8.17. The molecule has 0 amide bonds. The van der Waals surface area contributed by atoms with Gasteiger partial charge in [-0.15, -0.1) is 0 Å². The first-order valence-corrected chi connectivity index (χ1v) is 7.96. The summed E-state index contributed by atoms with van der Waals surface area (Å²) in [5.41, 5.74) is 6.20. The Morgan fingerprint density at radius 1 is 1.08 bits per heavy atom. The Labute approximate surface area is 141 Å². The number of aryl methyl sites for hydroxylation is 2. The molecule has 0 aliphatic carbocycles. The van der Waals surface area contributed by atoms with Gasteiger partial charge in [0.25, 0.3) is 0 Å². The molecular weight excluding hydrogens is 303 g/mol. The van der Waals surface area contributed by atoms with E-state index in [-0.39, 0.29) is 11.9 Å². The number of pyridine rings is 1. The highest BCUT2D eigenvalue weighted by Crippen LogP contribution is 2.25. The van der Waals surface area contributed by atoms with Crippen LogP contribution in [0.2, 0.25) is 0 Å². The third kappa shape index (κ3) is 3.15. The molecule has 5 heteroatoms. The Hall–Kier alpha value is -2.69. The molecule has 0 saturated carbocycles. The summed E-state index contributed by atoms with van der Waals surface area (Å²) in [6, 6.07) is 9.40. The molecule has 0 fully saturated rings. The second kappa shape index (κ2) is 6.43. The van der Waals surface area contributed by atoms with Gasteiger partial charge >= 0.3 is 0 Å². The van der Waals surface area contributed by atoms with Crippen molar-refractivity contribution in [1.29, 1.82) is 0 Å². The van der Waals surface area contributed by atoms with Gasteiger partial charge in [0, 0.05) is 0 Å². The molecule has 0 aliphatic heterocycles. The fourth-order valence-electron chi connectivity index (χ4n) is 2.69. The van der Waals surface area contributed by atoms with Gasteiger partial charge in [-0.3, -0.25) is 4.98 Å². The Kier molecular flexibility index (Phi) is 4.34. The lowest BCUT2D eigenvalue weighted by Gasteiger charge is -2.15. The van der Waals surface area contributed by atoms with Crippen molar-refractivity contribution in [2.24, 2.45) is 0 Å². The lowest BCUT2D eigenvalue weighted by Crippen LogP contribution is -2.09. The van der Waals surface area contributed by atoms with Crippen LogP contribution in [-0.2, 0) is 0 Å². The quantitative estimate of drug-likeness (QED) is 0.768. The van der Waals surface area contributed by atoms with Crippen molar-refractivity contribution in [3.8, 4) is 5.69 Å². The molecule has 24 heavy (non-hydrogen) atoms. The SMILES string of the molecule is Cc1ccc(C)c(-n2ncc(NC(C)c3ccc(F)cn3)c2C)c1. The van der Waals surface area contributed by atoms with Crippen molar-refractivity contribution in [3.63, 3.8) is 0 Å². The smallest absolute Gasteiger partial charge is 0.141 e. The topological polar surface area (TPSA) is 42.7 Å². The normalized spacial score (nSPS) is 12.2. The van der Waals surface area contributed by atoms with Crippen LogP contribution in [0.4, 0.5) is 10.1 Å². The van der Waals surface area contributed by atoms with Crippen LogP contribution in [0.5, 0.6) is 0 Å². The van der Waals surface area contributed by atoms with E-state index < -0.39 is 0 Å². The number of aromatic nitrogens is 3. The van der Waals surface area contributed by atoms with Gasteiger partial charge in [-0.1, -0.05) is 12.1 Å². The maximum Gasteiger partial charge on any atom is 0.141 e. The first-order chi connectivity index (χ1) is 11.5. The van der Waals surface area contributed by atoms with E-state index in [0.717, 1.165) is 22.8 Å². The van der Waals surface area contributed by atoms with Crippen LogP contribution in [0.25, 0.3) is 5.69 Å². The van der Waals surface area contributed by atoms with E-state index in [1.54, 1.807) is 6.07 Å². The van der Waals surface area contributed by atoms with Crippen molar-refractivity contribution in [2.75, 3.05) is 5.32 Å². The van der Waals surface area contributed by atoms with Crippen LogP contribution >= 0.6 is 0 Å². The lowest BCUT2D eigenvalue weighted by atomic mass is 10.1. The summed E-state index contributed by atoms with van der Waals surface area (Å²) in [5, 5.41) is 7.92. The number of anilines is 1. The van der Waals surface area contributed by atoms with Gasteiger partial charge in [-0.25, -0.2) is 9.07 Å². The predicted octanol–water partition coefficient (Wildman–Crippen LogP) is 4.50. The fraction of sp³-hybridized carbons (Fsp3) is 0.263. The Bertz CT molecular complexity index is 852. The third-order valence-corrected chi connectivity index (χ3v) is 4.17. The molecule has 3 rings (SSSR count). The van der Waals surface area contributed by atoms with Gasteiger partial charge < -0.3 is 5.32 Å². The van der Waals surface area contributed by atoms with E-state index in [4.69, 9.17) is 0 Å². The van der Waals surface area contributed by atoms with Crippen molar-refractivity contribution >= 4 is 5.69 Å². The van der Waals surface area contributed by atoms with E-state index in [1.807, 2.05) is 24.7 Å². The number of hydrogen-bond acceptors (Lipinski definition) is 3. The first-order valence-electron chi connectivity index (χ1n) is 7.96. The van der Waals surface area contributed by atoms with Gasteiger partial charge in [0.15, 0.2) is 0 Å². The molecule has 1 atom stereocenters. The molecular formula is C19H21FN4. The minimum absolute atomic E-state index is 0.0412. The zero-order chi connectivity index (χ0) is 17.3. The molecule has 0 saturated heterocycles. The summed E-state index contributed by atoms with van der Waals surface area (Å²) in [5.74, 6) is -0.329. The van der Waals surface area contributed by atoms with Gasteiger partial charge in [-0.05, 0) is 57.0 Å². The molecule has 1 aromatic carbocycles. The zero-order valence-corrected chi connectivity index (χ0v) is 14.3. The van der Waals surface area contributed by atoms with Gasteiger partial charge in [-0.2, -0.15) is 5.10 Å². The molecule has 1 N–H and O–H groups in total. The predicted molar refractivity (Wildman–Crippen MR) is 94.0 cm³/mol. The molecule has 3 aromatic rings. The van der Waals surface area contributed by atoms with Crippen molar-refractivity contribution in [3.05, 3.63) is 71.1 Å². The third-order valence-electron chi connectivity index (χ3n) is 4.17. The van der Waals surface area contributed by atoms with Crippen LogP contribution in [0, 0.1) is 26.6 Å². The molecule has 0 bridgehead atoms. The number of rotatable bonds is 4. The van der Waals surface area contributed by atoms with Crippen LogP contribution in [0.3, 0.4) is 0 Å². The Balaban J connectivity index is 1.87. The minimum Gasteiger partial charge on any atom is -0.374 e. The van der Waals surface area contributed by atoms with Crippen molar-refractivity contribution < 1.29 is 4.39 Å². The minimum atomic E-state index is -0.329. The van der Waals surface area contributed by atoms with Crippen molar-refractivity contribution in [2.45, 2.75) is 33.7 Å². The highest BCUT2D eigenvalue weighted by atomic mass is 19.1. The van der Waals surface area contributed by atoms with Crippen LogP contribution in [0.15, 0.2) is 42.7 Å². The lowest BCUT2D eigenvalue weighted by molar-refractivity contribution is 0.617. The number of nitrogens with one attached hydrogen (secondary N) is 1. The summed E-state index contributed by atoms with van der Waals surface area (Å²) >= 11 is 0. The zero-order valence-electron chi connectivity index (χ0n) is 14.3. The van der Waals surface area contributed by atoms with Gasteiger partial charge in [0.1, 0.15) is 5.82 Å². The van der Waals surface area contributed by atoms with Crippen LogP contribution in [0.1, 0.15) is 35.5 Å². The van der Waals surface area contributed by atoms with E-state index in [0.29, 0.717) is 0 Å².